The van der Waals surface area contributed by atoms with Crippen molar-refractivity contribution in [2.45, 2.75) is 104 Å². The first-order valence-corrected chi connectivity index (χ1v) is 11.2. The van der Waals surface area contributed by atoms with E-state index in [9.17, 15) is 10.2 Å². The first-order valence-electron chi connectivity index (χ1n) is 11.2. The van der Waals surface area contributed by atoms with Crippen LogP contribution in [0.15, 0.2) is 12.1 Å². The molecule has 0 heterocycles. The number of unbranched alkanes of at least 4 members (excludes halogenated alkanes) is 3. The monoisotopic (exact) mass is 374 g/mol. The fourth-order valence-corrected chi connectivity index (χ4v) is 5.07. The largest absolute Gasteiger partial charge is 0.508 e. The molecule has 1 aromatic carbocycles. The smallest absolute Gasteiger partial charge is 0.123 e. The summed E-state index contributed by atoms with van der Waals surface area (Å²) in [5, 5.41) is 21.8. The van der Waals surface area contributed by atoms with Gasteiger partial charge in [-0.05, 0) is 66.0 Å². The van der Waals surface area contributed by atoms with Crippen LogP contribution in [0, 0.1) is 17.8 Å². The van der Waals surface area contributed by atoms with E-state index in [4.69, 9.17) is 0 Å². The van der Waals surface area contributed by atoms with E-state index in [1.165, 1.54) is 38.5 Å². The van der Waals surface area contributed by atoms with Crippen LogP contribution in [0.4, 0.5) is 0 Å². The summed E-state index contributed by atoms with van der Waals surface area (Å²) in [6.45, 7) is 13.5. The zero-order chi connectivity index (χ0) is 20.2. The lowest BCUT2D eigenvalue weighted by Crippen LogP contribution is -2.26. The SMILES string of the molecule is CCCCCCC(C)(C)c1cc(O)c(C2CC(C)CC[C@H]2C(C)C)c(O)c1. The molecule has 2 unspecified atom stereocenters. The third kappa shape index (κ3) is 5.42. The Hall–Kier alpha value is -1.18. The lowest BCUT2D eigenvalue weighted by atomic mass is 9.67. The van der Waals surface area contributed by atoms with Gasteiger partial charge in [0.25, 0.3) is 0 Å². The summed E-state index contributed by atoms with van der Waals surface area (Å²) in [5.41, 5.74) is 1.83. The van der Waals surface area contributed by atoms with Gasteiger partial charge < -0.3 is 10.2 Å². The second kappa shape index (κ2) is 9.34. The number of hydrogen-bond donors (Lipinski definition) is 2. The Bertz CT molecular complexity index is 579. The maximum Gasteiger partial charge on any atom is 0.123 e. The van der Waals surface area contributed by atoms with E-state index in [0.717, 1.165) is 24.0 Å². The van der Waals surface area contributed by atoms with Crippen molar-refractivity contribution in [1.82, 2.24) is 0 Å². The topological polar surface area (TPSA) is 40.5 Å². The summed E-state index contributed by atoms with van der Waals surface area (Å²) in [6, 6.07) is 3.87. The van der Waals surface area contributed by atoms with E-state index < -0.39 is 0 Å². The molecule has 1 aromatic rings. The third-order valence-electron chi connectivity index (χ3n) is 6.97. The van der Waals surface area contributed by atoms with Crippen LogP contribution >= 0.6 is 0 Å². The van der Waals surface area contributed by atoms with Gasteiger partial charge in [-0.1, -0.05) is 73.6 Å². The molecule has 0 saturated heterocycles. The maximum absolute atomic E-state index is 10.9. The Morgan fingerprint density at radius 1 is 1.04 bits per heavy atom. The van der Waals surface area contributed by atoms with Gasteiger partial charge in [0.05, 0.1) is 0 Å². The molecule has 0 aromatic heterocycles. The van der Waals surface area contributed by atoms with E-state index in [2.05, 4.69) is 41.5 Å². The van der Waals surface area contributed by atoms with Crippen LogP contribution in [0.1, 0.15) is 110 Å². The normalized spacial score (nSPS) is 23.7. The van der Waals surface area contributed by atoms with Crippen LogP contribution in [0.5, 0.6) is 11.5 Å². The molecule has 2 heteroatoms. The van der Waals surface area contributed by atoms with Crippen LogP contribution in [0.25, 0.3) is 0 Å². The molecule has 154 valence electrons. The zero-order valence-electron chi connectivity index (χ0n) is 18.5. The summed E-state index contributed by atoms with van der Waals surface area (Å²) in [6.07, 6.45) is 9.56. The van der Waals surface area contributed by atoms with E-state index in [1.54, 1.807) is 0 Å². The van der Waals surface area contributed by atoms with Gasteiger partial charge >= 0.3 is 0 Å². The Labute approximate surface area is 167 Å². The fraction of sp³-hybridized carbons (Fsp3) is 0.760. The highest BCUT2D eigenvalue weighted by molar-refractivity contribution is 5.51. The van der Waals surface area contributed by atoms with Crippen molar-refractivity contribution in [2.75, 3.05) is 0 Å². The van der Waals surface area contributed by atoms with Crippen LogP contribution < -0.4 is 0 Å². The lowest BCUT2D eigenvalue weighted by molar-refractivity contribution is 0.191. The Balaban J connectivity index is 2.27. The summed E-state index contributed by atoms with van der Waals surface area (Å²) in [5.74, 6) is 2.61. The molecule has 0 spiro atoms. The predicted molar refractivity (Wildman–Crippen MR) is 116 cm³/mol. The van der Waals surface area contributed by atoms with Crippen molar-refractivity contribution in [2.24, 2.45) is 17.8 Å². The van der Waals surface area contributed by atoms with Gasteiger partial charge in [-0.25, -0.2) is 0 Å². The second-order valence-electron chi connectivity index (χ2n) is 10.1. The number of phenolic OH excluding ortho intramolecular Hbond substituents is 2. The molecule has 2 N–H and O–H groups in total. The van der Waals surface area contributed by atoms with Gasteiger partial charge in [-0.15, -0.1) is 0 Å². The minimum absolute atomic E-state index is 0.0292. The minimum Gasteiger partial charge on any atom is -0.508 e. The quantitative estimate of drug-likeness (QED) is 0.462. The van der Waals surface area contributed by atoms with Gasteiger partial charge in [0, 0.05) is 5.56 Å². The molecule has 1 saturated carbocycles. The summed E-state index contributed by atoms with van der Waals surface area (Å²) in [4.78, 5) is 0. The van der Waals surface area contributed by atoms with Crippen molar-refractivity contribution in [3.05, 3.63) is 23.3 Å². The number of aromatic hydroxyl groups is 2. The standard InChI is InChI=1S/C25H42O2/c1-7-8-9-10-13-25(5,6)19-15-22(26)24(23(27)16-19)21-14-18(4)11-12-20(21)17(2)3/h15-18,20-21,26-27H,7-14H2,1-6H3/t18?,20-,21?/m0/s1. The van der Waals surface area contributed by atoms with E-state index in [0.29, 0.717) is 29.3 Å². The molecule has 0 aliphatic heterocycles. The van der Waals surface area contributed by atoms with E-state index in [1.807, 2.05) is 12.1 Å². The lowest BCUT2D eigenvalue weighted by Gasteiger charge is -2.38. The van der Waals surface area contributed by atoms with Crippen molar-refractivity contribution in [3.63, 3.8) is 0 Å². The van der Waals surface area contributed by atoms with Crippen molar-refractivity contribution < 1.29 is 10.2 Å². The van der Waals surface area contributed by atoms with Crippen molar-refractivity contribution in [1.29, 1.82) is 0 Å². The van der Waals surface area contributed by atoms with Crippen LogP contribution in [0.3, 0.4) is 0 Å². The molecular weight excluding hydrogens is 332 g/mol. The number of hydrogen-bond acceptors (Lipinski definition) is 2. The highest BCUT2D eigenvalue weighted by atomic mass is 16.3. The molecule has 0 radical (unpaired) electrons. The zero-order valence-corrected chi connectivity index (χ0v) is 18.5. The van der Waals surface area contributed by atoms with Crippen molar-refractivity contribution >= 4 is 0 Å². The van der Waals surface area contributed by atoms with Gasteiger partial charge in [0.15, 0.2) is 0 Å². The Kier molecular flexibility index (Phi) is 7.65. The first-order chi connectivity index (χ1) is 12.7. The van der Waals surface area contributed by atoms with Crippen LogP contribution in [0.2, 0.25) is 0 Å². The average Bonchev–Trinajstić information content (AvgIpc) is 2.58. The summed E-state index contributed by atoms with van der Waals surface area (Å²) < 4.78 is 0. The maximum atomic E-state index is 10.9. The van der Waals surface area contributed by atoms with Crippen LogP contribution in [-0.4, -0.2) is 10.2 Å². The molecule has 2 nitrogen and oxygen atoms in total. The number of benzene rings is 1. The summed E-state index contributed by atoms with van der Waals surface area (Å²) >= 11 is 0. The molecule has 1 fully saturated rings. The third-order valence-corrected chi connectivity index (χ3v) is 6.97. The highest BCUT2D eigenvalue weighted by Gasteiger charge is 2.35. The van der Waals surface area contributed by atoms with Gasteiger partial charge in [-0.2, -0.15) is 0 Å². The van der Waals surface area contributed by atoms with Gasteiger partial charge in [0.1, 0.15) is 11.5 Å². The Morgan fingerprint density at radius 2 is 1.67 bits per heavy atom. The molecule has 1 aliphatic rings. The molecule has 1 aliphatic carbocycles. The molecule has 3 atom stereocenters. The second-order valence-corrected chi connectivity index (χ2v) is 10.1. The molecule has 27 heavy (non-hydrogen) atoms. The molecular formula is C25H42O2. The molecule has 0 amide bonds. The minimum atomic E-state index is -0.0292. The number of rotatable bonds is 8. The summed E-state index contributed by atoms with van der Waals surface area (Å²) in [7, 11) is 0. The van der Waals surface area contributed by atoms with Gasteiger partial charge in [0.2, 0.25) is 0 Å². The van der Waals surface area contributed by atoms with Crippen LogP contribution in [-0.2, 0) is 5.41 Å². The highest BCUT2D eigenvalue weighted by Crippen LogP contribution is 2.50. The van der Waals surface area contributed by atoms with Gasteiger partial charge in [-0.3, -0.25) is 0 Å². The average molecular weight is 375 g/mol. The predicted octanol–water partition coefficient (Wildman–Crippen LogP) is 7.52. The molecule has 2 rings (SSSR count). The number of phenols is 2. The fourth-order valence-electron chi connectivity index (χ4n) is 5.07. The Morgan fingerprint density at radius 3 is 2.22 bits per heavy atom. The van der Waals surface area contributed by atoms with Crippen molar-refractivity contribution in [3.8, 4) is 11.5 Å². The molecule has 0 bridgehead atoms. The first kappa shape index (κ1) is 22.1. The van der Waals surface area contributed by atoms with E-state index >= 15 is 0 Å². The van der Waals surface area contributed by atoms with E-state index in [-0.39, 0.29) is 11.3 Å².